The number of hydrogen-bond acceptors (Lipinski definition) is 2. The standard InChI is InChI=1S/C38H26N2O/c41-38-33-21-11-10-20-32(33)34(28-15-6-2-7-16-28)36(30-17-8-3-9-18-30)40(38)37-31(23-22-27-13-4-1-5-14-27)25-24-29-19-12-26-39-35(29)37/h1-26H/b23-22-. The van der Waals surface area contributed by atoms with Gasteiger partial charge in [-0.15, -0.1) is 0 Å². The van der Waals surface area contributed by atoms with Gasteiger partial charge in [0.15, 0.2) is 0 Å². The lowest BCUT2D eigenvalue weighted by molar-refractivity contribution is 1.02. The van der Waals surface area contributed by atoms with E-state index in [1.165, 1.54) is 0 Å². The average molecular weight is 527 g/mol. The molecule has 0 spiro atoms. The molecule has 0 aliphatic rings. The van der Waals surface area contributed by atoms with E-state index in [0.29, 0.717) is 5.39 Å². The molecule has 0 atom stereocenters. The van der Waals surface area contributed by atoms with Gasteiger partial charge in [0.25, 0.3) is 5.56 Å². The van der Waals surface area contributed by atoms with Crippen LogP contribution in [0.25, 0.3) is 61.9 Å². The molecular formula is C38H26N2O. The van der Waals surface area contributed by atoms with Crippen LogP contribution < -0.4 is 5.56 Å². The van der Waals surface area contributed by atoms with E-state index in [4.69, 9.17) is 4.98 Å². The van der Waals surface area contributed by atoms with Gasteiger partial charge in [0.2, 0.25) is 0 Å². The molecule has 0 saturated carbocycles. The van der Waals surface area contributed by atoms with Crippen molar-refractivity contribution in [3.8, 4) is 28.1 Å². The molecule has 194 valence electrons. The molecule has 7 aromatic rings. The van der Waals surface area contributed by atoms with Gasteiger partial charge < -0.3 is 0 Å². The van der Waals surface area contributed by atoms with Crippen LogP contribution in [0, 0.1) is 0 Å². The SMILES string of the molecule is O=c1c2ccccc2c(-c2ccccc2)c(-c2ccccc2)n1-c1c(/C=C\c2ccccc2)ccc2cccnc12. The van der Waals surface area contributed by atoms with Crippen LogP contribution in [-0.4, -0.2) is 9.55 Å². The quantitative estimate of drug-likeness (QED) is 0.210. The Morgan fingerprint density at radius 2 is 1.20 bits per heavy atom. The molecule has 0 unspecified atom stereocenters. The van der Waals surface area contributed by atoms with Gasteiger partial charge in [0.1, 0.15) is 0 Å². The Kier molecular flexibility index (Phi) is 6.31. The van der Waals surface area contributed by atoms with Gasteiger partial charge >= 0.3 is 0 Å². The minimum atomic E-state index is -0.0772. The van der Waals surface area contributed by atoms with Crippen molar-refractivity contribution < 1.29 is 0 Å². The summed E-state index contributed by atoms with van der Waals surface area (Å²) < 4.78 is 1.89. The first-order chi connectivity index (χ1) is 20.3. The fourth-order valence-electron chi connectivity index (χ4n) is 5.59. The monoisotopic (exact) mass is 526 g/mol. The molecule has 2 heterocycles. The maximum atomic E-state index is 14.7. The second-order valence-electron chi connectivity index (χ2n) is 9.96. The molecule has 0 radical (unpaired) electrons. The number of fused-ring (bicyclic) bond motifs is 2. The summed E-state index contributed by atoms with van der Waals surface area (Å²) in [5.74, 6) is 0. The number of rotatable bonds is 5. The molecule has 0 amide bonds. The van der Waals surface area contributed by atoms with Crippen molar-refractivity contribution in [1.29, 1.82) is 0 Å². The largest absolute Gasteiger partial charge is 0.273 e. The summed E-state index contributed by atoms with van der Waals surface area (Å²) in [5.41, 5.74) is 7.31. The average Bonchev–Trinajstić information content (AvgIpc) is 3.05. The number of hydrogen-bond donors (Lipinski definition) is 0. The topological polar surface area (TPSA) is 34.9 Å². The highest BCUT2D eigenvalue weighted by Crippen LogP contribution is 2.39. The maximum Gasteiger partial charge on any atom is 0.263 e. The second kappa shape index (κ2) is 10.6. The van der Waals surface area contributed by atoms with E-state index in [-0.39, 0.29) is 5.56 Å². The van der Waals surface area contributed by atoms with Gasteiger partial charge in [-0.1, -0.05) is 140 Å². The summed E-state index contributed by atoms with van der Waals surface area (Å²) >= 11 is 0. The summed E-state index contributed by atoms with van der Waals surface area (Å²) in [5, 5.41) is 2.56. The summed E-state index contributed by atoms with van der Waals surface area (Å²) in [7, 11) is 0. The third kappa shape index (κ3) is 4.44. The fraction of sp³-hybridized carbons (Fsp3) is 0. The van der Waals surface area contributed by atoms with Gasteiger partial charge in [0, 0.05) is 28.1 Å². The Bertz CT molecular complexity index is 2090. The van der Waals surface area contributed by atoms with Crippen molar-refractivity contribution in [2.75, 3.05) is 0 Å². The molecule has 41 heavy (non-hydrogen) atoms. The number of nitrogens with zero attached hydrogens (tertiary/aromatic N) is 2. The molecule has 0 N–H and O–H groups in total. The zero-order valence-corrected chi connectivity index (χ0v) is 22.3. The molecule has 0 fully saturated rings. The van der Waals surface area contributed by atoms with Gasteiger partial charge in [-0.2, -0.15) is 0 Å². The molecule has 5 aromatic carbocycles. The van der Waals surface area contributed by atoms with Crippen LogP contribution in [-0.2, 0) is 0 Å². The highest BCUT2D eigenvalue weighted by molar-refractivity contribution is 6.04. The van der Waals surface area contributed by atoms with Crippen LogP contribution in [0.2, 0.25) is 0 Å². The molecule has 0 aliphatic carbocycles. The van der Waals surface area contributed by atoms with E-state index >= 15 is 0 Å². The minimum absolute atomic E-state index is 0.0772. The highest BCUT2D eigenvalue weighted by atomic mass is 16.1. The Hall–Kier alpha value is -5.54. The van der Waals surface area contributed by atoms with E-state index < -0.39 is 0 Å². The van der Waals surface area contributed by atoms with Crippen molar-refractivity contribution >= 4 is 33.8 Å². The van der Waals surface area contributed by atoms with Crippen LogP contribution in [0.1, 0.15) is 11.1 Å². The molecule has 3 heteroatoms. The molecular weight excluding hydrogens is 500 g/mol. The molecule has 7 rings (SSSR count). The zero-order chi connectivity index (χ0) is 27.6. The van der Waals surface area contributed by atoms with Crippen molar-refractivity contribution in [3.63, 3.8) is 0 Å². The van der Waals surface area contributed by atoms with Crippen LogP contribution in [0.4, 0.5) is 0 Å². The maximum absolute atomic E-state index is 14.7. The predicted octanol–water partition coefficient (Wildman–Crippen LogP) is 9.04. The lowest BCUT2D eigenvalue weighted by atomic mass is 9.92. The van der Waals surface area contributed by atoms with Crippen molar-refractivity contribution in [3.05, 3.63) is 167 Å². The predicted molar refractivity (Wildman–Crippen MR) is 171 cm³/mol. The van der Waals surface area contributed by atoms with E-state index in [2.05, 4.69) is 60.7 Å². The third-order valence-electron chi connectivity index (χ3n) is 7.46. The normalized spacial score (nSPS) is 11.4. The molecule has 0 aliphatic heterocycles. The van der Waals surface area contributed by atoms with Crippen LogP contribution in [0.3, 0.4) is 0 Å². The second-order valence-corrected chi connectivity index (χ2v) is 9.96. The smallest absolute Gasteiger partial charge is 0.263 e. The lowest BCUT2D eigenvalue weighted by Crippen LogP contribution is -2.23. The Morgan fingerprint density at radius 3 is 1.93 bits per heavy atom. The Morgan fingerprint density at radius 1 is 0.561 bits per heavy atom. The van der Waals surface area contributed by atoms with E-state index in [1.54, 1.807) is 6.20 Å². The van der Waals surface area contributed by atoms with Gasteiger partial charge in [-0.3, -0.25) is 14.3 Å². The number of aromatic nitrogens is 2. The fourth-order valence-corrected chi connectivity index (χ4v) is 5.59. The van der Waals surface area contributed by atoms with Crippen molar-refractivity contribution in [1.82, 2.24) is 9.55 Å². The van der Waals surface area contributed by atoms with Crippen molar-refractivity contribution in [2.24, 2.45) is 0 Å². The number of pyridine rings is 2. The molecule has 2 aromatic heterocycles. The van der Waals surface area contributed by atoms with Crippen LogP contribution >= 0.6 is 0 Å². The summed E-state index contributed by atoms with van der Waals surface area (Å²) in [4.78, 5) is 19.5. The minimum Gasteiger partial charge on any atom is -0.273 e. The molecule has 0 saturated heterocycles. The van der Waals surface area contributed by atoms with Gasteiger partial charge in [-0.25, -0.2) is 0 Å². The van der Waals surface area contributed by atoms with E-state index in [1.807, 2.05) is 95.6 Å². The molecule has 0 bridgehead atoms. The van der Waals surface area contributed by atoms with E-state index in [0.717, 1.165) is 55.5 Å². The zero-order valence-electron chi connectivity index (χ0n) is 22.3. The number of benzene rings is 5. The first-order valence-corrected chi connectivity index (χ1v) is 13.7. The van der Waals surface area contributed by atoms with Gasteiger partial charge in [0.05, 0.1) is 16.9 Å². The summed E-state index contributed by atoms with van der Waals surface area (Å²) in [6, 6.07) is 46.8. The van der Waals surface area contributed by atoms with Crippen LogP contribution in [0.5, 0.6) is 0 Å². The Balaban J connectivity index is 1.68. The Labute approximate surface area is 238 Å². The highest BCUT2D eigenvalue weighted by Gasteiger charge is 2.23. The lowest BCUT2D eigenvalue weighted by Gasteiger charge is -2.22. The summed E-state index contributed by atoms with van der Waals surface area (Å²) in [6.45, 7) is 0. The van der Waals surface area contributed by atoms with Crippen molar-refractivity contribution in [2.45, 2.75) is 0 Å². The first-order valence-electron chi connectivity index (χ1n) is 13.7. The van der Waals surface area contributed by atoms with Gasteiger partial charge in [-0.05, 0) is 34.2 Å². The summed E-state index contributed by atoms with van der Waals surface area (Å²) in [6.07, 6.45) is 5.96. The third-order valence-corrected chi connectivity index (χ3v) is 7.46. The molecule has 3 nitrogen and oxygen atoms in total. The van der Waals surface area contributed by atoms with E-state index in [9.17, 15) is 4.79 Å². The van der Waals surface area contributed by atoms with Crippen LogP contribution in [0.15, 0.2) is 151 Å². The first kappa shape index (κ1) is 24.5.